The molecule has 0 heterocycles. The number of carboxylic acid groups (broad SMARTS) is 1. The normalized spacial score (nSPS) is 12.3. The molecule has 0 aromatic heterocycles. The molecule has 1 unspecified atom stereocenters. The maximum Gasteiger partial charge on any atom is 0.306 e. The summed E-state index contributed by atoms with van der Waals surface area (Å²) in [6.07, 6.45) is 34.8. The molecular weight excluding hydrogens is 460 g/mol. The van der Waals surface area contributed by atoms with Gasteiger partial charge >= 0.3 is 11.9 Å². The molecule has 0 aliphatic carbocycles. The topological polar surface area (TPSA) is 63.6 Å². The third-order valence-corrected chi connectivity index (χ3v) is 7.23. The molecule has 0 rings (SSSR count). The molecule has 0 bridgehead atoms. The summed E-state index contributed by atoms with van der Waals surface area (Å²) in [6.45, 7) is 4.30. The minimum Gasteiger partial charge on any atom is -0.481 e. The molecule has 218 valence electrons. The van der Waals surface area contributed by atoms with Crippen LogP contribution in [0, 0.1) is 0 Å². The van der Waals surface area contributed by atoms with Crippen LogP contribution in [0.25, 0.3) is 0 Å². The average molecular weight is 523 g/mol. The quantitative estimate of drug-likeness (QED) is 0.0602. The number of carbonyl (C=O) groups excluding carboxylic acids is 1. The van der Waals surface area contributed by atoms with Gasteiger partial charge in [0.1, 0.15) is 0 Å². The molecule has 1 N–H and O–H groups in total. The SMILES string of the molecule is CCCCCCCC/C=C\CCCCCCCC(=O)OC(C)CCCCCCCCCCCCC(=O)O. The number of hydrogen-bond acceptors (Lipinski definition) is 3. The van der Waals surface area contributed by atoms with Crippen molar-refractivity contribution in [1.29, 1.82) is 0 Å². The second-order valence-electron chi connectivity index (χ2n) is 11.1. The molecule has 0 amide bonds. The Labute approximate surface area is 230 Å². The van der Waals surface area contributed by atoms with Crippen molar-refractivity contribution in [1.82, 2.24) is 0 Å². The molecule has 4 heteroatoms. The van der Waals surface area contributed by atoms with Crippen LogP contribution in [0.2, 0.25) is 0 Å². The van der Waals surface area contributed by atoms with Crippen LogP contribution < -0.4 is 0 Å². The lowest BCUT2D eigenvalue weighted by Gasteiger charge is -2.13. The zero-order valence-electron chi connectivity index (χ0n) is 24.8. The number of carboxylic acids is 1. The maximum absolute atomic E-state index is 12.1. The molecule has 1 atom stereocenters. The summed E-state index contributed by atoms with van der Waals surface area (Å²) in [7, 11) is 0. The van der Waals surface area contributed by atoms with E-state index < -0.39 is 5.97 Å². The number of rotatable bonds is 29. The Bertz CT molecular complexity index is 528. The molecule has 0 aliphatic heterocycles. The molecule has 0 aliphatic rings. The van der Waals surface area contributed by atoms with Gasteiger partial charge in [0.15, 0.2) is 0 Å². The van der Waals surface area contributed by atoms with Gasteiger partial charge in [-0.2, -0.15) is 0 Å². The zero-order valence-corrected chi connectivity index (χ0v) is 24.8. The van der Waals surface area contributed by atoms with E-state index in [0.717, 1.165) is 44.9 Å². The Morgan fingerprint density at radius 2 is 1.00 bits per heavy atom. The lowest BCUT2D eigenvalue weighted by molar-refractivity contribution is -0.148. The van der Waals surface area contributed by atoms with E-state index in [2.05, 4.69) is 19.1 Å². The third-order valence-electron chi connectivity index (χ3n) is 7.23. The van der Waals surface area contributed by atoms with Gasteiger partial charge in [0.05, 0.1) is 6.10 Å². The van der Waals surface area contributed by atoms with Crippen molar-refractivity contribution >= 4 is 11.9 Å². The lowest BCUT2D eigenvalue weighted by atomic mass is 10.0. The summed E-state index contributed by atoms with van der Waals surface area (Å²) < 4.78 is 5.59. The number of unbranched alkanes of at least 4 members (excludes halogenated alkanes) is 20. The fraction of sp³-hybridized carbons (Fsp3) is 0.879. The van der Waals surface area contributed by atoms with Crippen LogP contribution in [0.15, 0.2) is 12.2 Å². The Kier molecular flexibility index (Phi) is 28.2. The zero-order chi connectivity index (χ0) is 27.2. The molecule has 37 heavy (non-hydrogen) atoms. The van der Waals surface area contributed by atoms with E-state index in [0.29, 0.717) is 12.8 Å². The predicted octanol–water partition coefficient (Wildman–Crippen LogP) is 10.7. The highest BCUT2D eigenvalue weighted by Crippen LogP contribution is 2.15. The third kappa shape index (κ3) is 30.8. The van der Waals surface area contributed by atoms with Crippen molar-refractivity contribution in [2.24, 2.45) is 0 Å². The van der Waals surface area contributed by atoms with Crippen LogP contribution in [-0.2, 0) is 14.3 Å². The van der Waals surface area contributed by atoms with Gasteiger partial charge in [-0.05, 0) is 58.3 Å². The first-order valence-electron chi connectivity index (χ1n) is 16.1. The summed E-state index contributed by atoms with van der Waals surface area (Å²) in [6, 6.07) is 0. The highest BCUT2D eigenvalue weighted by Gasteiger charge is 2.09. The van der Waals surface area contributed by atoms with Gasteiger partial charge in [-0.15, -0.1) is 0 Å². The fourth-order valence-corrected chi connectivity index (χ4v) is 4.80. The Morgan fingerprint density at radius 1 is 0.595 bits per heavy atom. The van der Waals surface area contributed by atoms with Gasteiger partial charge in [-0.25, -0.2) is 0 Å². The first-order chi connectivity index (χ1) is 18.1. The van der Waals surface area contributed by atoms with Gasteiger partial charge in [0, 0.05) is 12.8 Å². The number of carbonyl (C=O) groups is 2. The van der Waals surface area contributed by atoms with E-state index in [1.54, 1.807) is 0 Å². The molecular formula is C33H62O4. The van der Waals surface area contributed by atoms with Crippen LogP contribution in [0.3, 0.4) is 0 Å². The highest BCUT2D eigenvalue weighted by molar-refractivity contribution is 5.69. The number of esters is 1. The van der Waals surface area contributed by atoms with E-state index in [1.807, 2.05) is 6.92 Å². The standard InChI is InChI=1S/C33H62O4/c1-3-4-5-6-7-8-9-10-11-12-13-18-21-24-27-30-33(36)37-31(2)28-25-22-19-16-14-15-17-20-23-26-29-32(34)35/h10-11,31H,3-9,12-30H2,1-2H3,(H,34,35)/b11-10-. The van der Waals surface area contributed by atoms with Gasteiger partial charge in [0.2, 0.25) is 0 Å². The van der Waals surface area contributed by atoms with Crippen LogP contribution in [0.1, 0.15) is 181 Å². The second-order valence-corrected chi connectivity index (χ2v) is 11.1. The first-order valence-corrected chi connectivity index (χ1v) is 16.1. The molecule has 0 aromatic carbocycles. The van der Waals surface area contributed by atoms with Crippen LogP contribution in [0.4, 0.5) is 0 Å². The van der Waals surface area contributed by atoms with E-state index >= 15 is 0 Å². The summed E-state index contributed by atoms with van der Waals surface area (Å²) in [4.78, 5) is 22.5. The van der Waals surface area contributed by atoms with Crippen LogP contribution >= 0.6 is 0 Å². The van der Waals surface area contributed by atoms with E-state index in [-0.39, 0.29) is 12.1 Å². The van der Waals surface area contributed by atoms with E-state index in [4.69, 9.17) is 9.84 Å². The monoisotopic (exact) mass is 522 g/mol. The Balaban J connectivity index is 3.34. The van der Waals surface area contributed by atoms with Crippen molar-refractivity contribution in [3.05, 3.63) is 12.2 Å². The molecule has 0 saturated heterocycles. The van der Waals surface area contributed by atoms with Gasteiger partial charge in [-0.3, -0.25) is 9.59 Å². The van der Waals surface area contributed by atoms with E-state index in [1.165, 1.54) is 109 Å². The number of allylic oxidation sites excluding steroid dienone is 2. The fourth-order valence-electron chi connectivity index (χ4n) is 4.80. The van der Waals surface area contributed by atoms with Gasteiger partial charge in [0.25, 0.3) is 0 Å². The van der Waals surface area contributed by atoms with Crippen LogP contribution in [-0.4, -0.2) is 23.1 Å². The minimum absolute atomic E-state index is 0.0199. The summed E-state index contributed by atoms with van der Waals surface area (Å²) in [5.41, 5.74) is 0. The molecule has 0 spiro atoms. The van der Waals surface area contributed by atoms with E-state index in [9.17, 15) is 9.59 Å². The highest BCUT2D eigenvalue weighted by atomic mass is 16.5. The Morgan fingerprint density at radius 3 is 1.49 bits per heavy atom. The summed E-state index contributed by atoms with van der Waals surface area (Å²) in [5.74, 6) is -0.698. The molecule has 0 aromatic rings. The second kappa shape index (κ2) is 29.2. The molecule has 0 radical (unpaired) electrons. The lowest BCUT2D eigenvalue weighted by Crippen LogP contribution is -2.14. The molecule has 0 fully saturated rings. The largest absolute Gasteiger partial charge is 0.481 e. The van der Waals surface area contributed by atoms with Crippen molar-refractivity contribution in [3.63, 3.8) is 0 Å². The van der Waals surface area contributed by atoms with Crippen molar-refractivity contribution in [2.45, 2.75) is 187 Å². The summed E-state index contributed by atoms with van der Waals surface area (Å²) in [5, 5.41) is 8.62. The van der Waals surface area contributed by atoms with Gasteiger partial charge < -0.3 is 9.84 Å². The maximum atomic E-state index is 12.1. The number of aliphatic carboxylic acids is 1. The van der Waals surface area contributed by atoms with Crippen LogP contribution in [0.5, 0.6) is 0 Å². The number of hydrogen-bond donors (Lipinski definition) is 1. The van der Waals surface area contributed by atoms with Crippen molar-refractivity contribution in [2.75, 3.05) is 0 Å². The molecule has 4 nitrogen and oxygen atoms in total. The number of ether oxygens (including phenoxy) is 1. The van der Waals surface area contributed by atoms with Gasteiger partial charge in [-0.1, -0.05) is 122 Å². The average Bonchev–Trinajstić information content (AvgIpc) is 2.86. The first kappa shape index (κ1) is 35.7. The smallest absolute Gasteiger partial charge is 0.306 e. The molecule has 0 saturated carbocycles. The Hall–Kier alpha value is -1.32. The van der Waals surface area contributed by atoms with Crippen molar-refractivity contribution < 1.29 is 19.4 Å². The minimum atomic E-state index is -0.678. The van der Waals surface area contributed by atoms with Crippen molar-refractivity contribution in [3.8, 4) is 0 Å². The predicted molar refractivity (Wildman–Crippen MR) is 158 cm³/mol. The summed E-state index contributed by atoms with van der Waals surface area (Å²) >= 11 is 0.